The van der Waals surface area contributed by atoms with E-state index in [2.05, 4.69) is 33.9 Å². The second-order valence-electron chi connectivity index (χ2n) is 8.62. The van der Waals surface area contributed by atoms with Crippen LogP contribution in [0.5, 0.6) is 23.0 Å². The lowest BCUT2D eigenvalue weighted by molar-refractivity contribution is -0.686. The zero-order chi connectivity index (χ0) is 24.5. The minimum Gasteiger partial charge on any atom is -0.493 e. The van der Waals surface area contributed by atoms with Gasteiger partial charge in [-0.25, -0.2) is 9.78 Å². The van der Waals surface area contributed by atoms with E-state index in [4.69, 9.17) is 23.7 Å². The van der Waals surface area contributed by atoms with Crippen LogP contribution >= 0.6 is 0 Å². The molecule has 0 saturated carbocycles. The maximum atomic E-state index is 12.1. The Morgan fingerprint density at radius 3 is 2.81 bits per heavy atom. The fourth-order valence-electron chi connectivity index (χ4n) is 4.66. The largest absolute Gasteiger partial charge is 0.493 e. The highest BCUT2D eigenvalue weighted by atomic mass is 16.7. The zero-order valence-corrected chi connectivity index (χ0v) is 19.9. The first kappa shape index (κ1) is 22.2. The summed E-state index contributed by atoms with van der Waals surface area (Å²) in [7, 11) is 1.63. The van der Waals surface area contributed by atoms with Gasteiger partial charge in [-0.3, -0.25) is 0 Å². The fraction of sp³-hybridized carbons (Fsp3) is 0.250. The van der Waals surface area contributed by atoms with E-state index in [1.165, 1.54) is 5.56 Å². The molecule has 0 radical (unpaired) electrons. The number of hydrogen-bond acceptors (Lipinski definition) is 7. The molecule has 0 bridgehead atoms. The van der Waals surface area contributed by atoms with Crippen molar-refractivity contribution in [1.29, 1.82) is 0 Å². The fourth-order valence-corrected chi connectivity index (χ4v) is 4.66. The van der Waals surface area contributed by atoms with E-state index in [1.54, 1.807) is 31.5 Å². The third-order valence-electron chi connectivity index (χ3n) is 6.44. The maximum absolute atomic E-state index is 12.1. The Morgan fingerprint density at radius 1 is 1.08 bits per heavy atom. The molecule has 0 unspecified atom stereocenters. The number of esters is 1. The van der Waals surface area contributed by atoms with Crippen molar-refractivity contribution in [2.24, 2.45) is 0 Å². The van der Waals surface area contributed by atoms with Crippen LogP contribution in [0.3, 0.4) is 0 Å². The highest BCUT2D eigenvalue weighted by molar-refractivity contribution is 5.92. The summed E-state index contributed by atoms with van der Waals surface area (Å²) in [6.07, 6.45) is 5.13. The van der Waals surface area contributed by atoms with Crippen LogP contribution in [0.2, 0.25) is 0 Å². The number of fused-ring (bicyclic) bond motifs is 5. The van der Waals surface area contributed by atoms with Crippen molar-refractivity contribution in [2.75, 3.05) is 27.1 Å². The van der Waals surface area contributed by atoms with Gasteiger partial charge in [-0.2, -0.15) is 4.57 Å². The van der Waals surface area contributed by atoms with E-state index in [0.29, 0.717) is 30.2 Å². The second-order valence-corrected chi connectivity index (χ2v) is 8.62. The predicted octanol–water partition coefficient (Wildman–Crippen LogP) is 4.11. The summed E-state index contributed by atoms with van der Waals surface area (Å²) < 4.78 is 30.5. The third-order valence-corrected chi connectivity index (χ3v) is 6.44. The van der Waals surface area contributed by atoms with E-state index in [0.717, 1.165) is 46.5 Å². The van der Waals surface area contributed by atoms with Crippen molar-refractivity contribution < 1.29 is 33.0 Å². The van der Waals surface area contributed by atoms with Crippen LogP contribution in [0.4, 0.5) is 0 Å². The van der Waals surface area contributed by atoms with Crippen molar-refractivity contribution in [3.05, 3.63) is 72.2 Å². The molecule has 36 heavy (non-hydrogen) atoms. The highest BCUT2D eigenvalue weighted by Crippen LogP contribution is 2.41. The Hall–Kier alpha value is -4.33. The number of ether oxygens (including phenoxy) is 5. The molecule has 0 N–H and O–H groups in total. The Morgan fingerprint density at radius 2 is 1.97 bits per heavy atom. The normalized spacial score (nSPS) is 13.1. The molecule has 0 fully saturated rings. The van der Waals surface area contributed by atoms with Crippen LogP contribution in [0.1, 0.15) is 22.5 Å². The van der Waals surface area contributed by atoms with E-state index >= 15 is 0 Å². The van der Waals surface area contributed by atoms with Gasteiger partial charge in [-0.1, -0.05) is 6.07 Å². The molecule has 2 aliphatic rings. The molecule has 2 aromatic heterocycles. The second kappa shape index (κ2) is 9.37. The van der Waals surface area contributed by atoms with Gasteiger partial charge in [0.05, 0.1) is 31.3 Å². The first-order chi connectivity index (χ1) is 17.7. The molecule has 182 valence electrons. The van der Waals surface area contributed by atoms with Crippen LogP contribution < -0.4 is 23.5 Å². The van der Waals surface area contributed by atoms with Crippen molar-refractivity contribution in [3.63, 3.8) is 0 Å². The first-order valence-electron chi connectivity index (χ1n) is 11.9. The lowest BCUT2D eigenvalue weighted by Crippen LogP contribution is -2.40. The van der Waals surface area contributed by atoms with Crippen molar-refractivity contribution >= 4 is 16.7 Å². The zero-order valence-electron chi connectivity index (χ0n) is 19.9. The number of carbonyl (C=O) groups is 1. The summed E-state index contributed by atoms with van der Waals surface area (Å²) in [5, 5.41) is 2.01. The lowest BCUT2D eigenvalue weighted by atomic mass is 9.95. The molecule has 6 rings (SSSR count). The summed E-state index contributed by atoms with van der Waals surface area (Å²) in [5.41, 5.74) is 3.82. The molecule has 0 saturated heterocycles. The van der Waals surface area contributed by atoms with Gasteiger partial charge in [0.1, 0.15) is 5.69 Å². The number of benzene rings is 2. The van der Waals surface area contributed by atoms with E-state index in [-0.39, 0.29) is 13.4 Å². The number of rotatable bonds is 7. The molecule has 4 aromatic rings. The number of carbonyl (C=O) groups excluding carboxylic acids is 1. The summed E-state index contributed by atoms with van der Waals surface area (Å²) in [6, 6.07) is 15.4. The van der Waals surface area contributed by atoms with Gasteiger partial charge >= 0.3 is 5.97 Å². The molecular formula is C28H25N2O6+. The molecule has 4 heterocycles. The Kier molecular flexibility index (Phi) is 5.77. The molecule has 8 heteroatoms. The smallest absolute Gasteiger partial charge is 0.356 e. The molecule has 0 amide bonds. The third kappa shape index (κ3) is 4.04. The number of methoxy groups -OCH3 is 1. The molecule has 2 aromatic carbocycles. The highest BCUT2D eigenvalue weighted by Gasteiger charge is 2.28. The Balaban J connectivity index is 1.22. The van der Waals surface area contributed by atoms with Crippen LogP contribution in [-0.2, 0) is 17.7 Å². The van der Waals surface area contributed by atoms with Gasteiger partial charge in [-0.05, 0) is 47.3 Å². The van der Waals surface area contributed by atoms with Crippen LogP contribution in [-0.4, -0.2) is 38.1 Å². The molecule has 2 aliphatic heterocycles. The van der Waals surface area contributed by atoms with Gasteiger partial charge < -0.3 is 23.7 Å². The first-order valence-corrected chi connectivity index (χ1v) is 11.9. The Bertz CT molecular complexity index is 1450. The Labute approximate surface area is 208 Å². The summed E-state index contributed by atoms with van der Waals surface area (Å²) >= 11 is 0. The molecular weight excluding hydrogens is 460 g/mol. The molecule has 0 spiro atoms. The summed E-state index contributed by atoms with van der Waals surface area (Å²) in [6.45, 7) is 1.72. The van der Waals surface area contributed by atoms with Gasteiger partial charge in [0.15, 0.2) is 35.7 Å². The van der Waals surface area contributed by atoms with Crippen LogP contribution in [0.15, 0.2) is 60.9 Å². The van der Waals surface area contributed by atoms with E-state index in [9.17, 15) is 4.79 Å². The topological polar surface area (TPSA) is 80.0 Å². The van der Waals surface area contributed by atoms with Gasteiger partial charge in [0.25, 0.3) is 0 Å². The minimum absolute atomic E-state index is 0.236. The van der Waals surface area contributed by atoms with Gasteiger partial charge in [0, 0.05) is 25.1 Å². The van der Waals surface area contributed by atoms with Crippen LogP contribution in [0, 0.1) is 0 Å². The van der Waals surface area contributed by atoms with Gasteiger partial charge in [-0.15, -0.1) is 0 Å². The van der Waals surface area contributed by atoms with Crippen molar-refractivity contribution in [1.82, 2.24) is 4.98 Å². The summed E-state index contributed by atoms with van der Waals surface area (Å²) in [4.78, 5) is 16.1. The summed E-state index contributed by atoms with van der Waals surface area (Å²) in [5.74, 6) is 2.49. The quantitative estimate of drug-likeness (QED) is 0.221. The average Bonchev–Trinajstić information content (AvgIpc) is 3.38. The maximum Gasteiger partial charge on any atom is 0.356 e. The van der Waals surface area contributed by atoms with E-state index in [1.807, 2.05) is 12.1 Å². The molecule has 8 nitrogen and oxygen atoms in total. The predicted molar refractivity (Wildman–Crippen MR) is 131 cm³/mol. The standard InChI is InChI=1S/C28H25N2O6/c1-32-24-7-6-18-13-23-20-15-26-25(35-17-36-26)14-19(20)8-10-30(23)16-21(18)27(24)33-11-4-12-34-28(31)22-5-2-3-9-29-22/h2-3,5-7,9,13-16H,4,8,10-12,17H2,1H3/q+1. The van der Waals surface area contributed by atoms with Crippen LogP contribution in [0.25, 0.3) is 22.0 Å². The molecule has 0 aliphatic carbocycles. The average molecular weight is 486 g/mol. The minimum atomic E-state index is -0.441. The van der Waals surface area contributed by atoms with Crippen molar-refractivity contribution in [2.45, 2.75) is 19.4 Å². The number of pyridine rings is 2. The number of hydrogen-bond donors (Lipinski definition) is 0. The number of aryl methyl sites for hydroxylation is 2. The lowest BCUT2D eigenvalue weighted by Gasteiger charge is -2.18. The van der Waals surface area contributed by atoms with Gasteiger partial charge in [0.2, 0.25) is 12.5 Å². The number of aromatic nitrogens is 2. The number of nitrogens with zero attached hydrogens (tertiary/aromatic N) is 2. The SMILES string of the molecule is COc1ccc2cc3[n+](cc2c1OCCCOC(=O)c1ccccn1)CCc1cc2c(cc1-3)OCO2. The monoisotopic (exact) mass is 485 g/mol. The van der Waals surface area contributed by atoms with E-state index < -0.39 is 5.97 Å². The van der Waals surface area contributed by atoms with Crippen molar-refractivity contribution in [3.8, 4) is 34.3 Å². The molecule has 0 atom stereocenters.